The quantitative estimate of drug-likeness (QED) is 0.540. The molecule has 0 amide bonds. The molecular formula is C12H9N6O6P. The van der Waals surface area contributed by atoms with Crippen LogP contribution in [-0.4, -0.2) is 48.5 Å². The Bertz CT molecular complexity index is 732. The molecule has 3 heterocycles. The van der Waals surface area contributed by atoms with Gasteiger partial charge in [0.15, 0.2) is 0 Å². The number of carbonyl (C=O) groups is 3. The second-order valence-electron chi connectivity index (χ2n) is 4.27. The summed E-state index contributed by atoms with van der Waals surface area (Å²) in [5, 5.41) is 17.9. The van der Waals surface area contributed by atoms with Crippen LogP contribution in [0, 0.1) is 0 Å². The van der Waals surface area contributed by atoms with Gasteiger partial charge in [0.2, 0.25) is 0 Å². The van der Waals surface area contributed by atoms with Gasteiger partial charge in [-0.3, -0.25) is 15.3 Å². The summed E-state index contributed by atoms with van der Waals surface area (Å²) in [4.78, 5) is 35.9. The molecule has 3 rings (SSSR count). The van der Waals surface area contributed by atoms with Crippen LogP contribution < -0.4 is 0 Å². The van der Waals surface area contributed by atoms with E-state index in [1.165, 1.54) is 36.8 Å². The van der Waals surface area contributed by atoms with Crippen molar-refractivity contribution in [3.63, 3.8) is 0 Å². The van der Waals surface area contributed by atoms with Crippen LogP contribution >= 0.6 is 8.60 Å². The minimum Gasteiger partial charge on any atom is -0.370 e. The number of aromatic nitrogens is 6. The summed E-state index contributed by atoms with van der Waals surface area (Å²) in [6, 6.07) is 4.01. The Morgan fingerprint density at radius 1 is 0.680 bits per heavy atom. The smallest absolute Gasteiger partial charge is 0.370 e. The molecule has 12 nitrogen and oxygen atoms in total. The zero-order chi connectivity index (χ0) is 17.6. The average Bonchev–Trinajstić information content (AvgIpc) is 3.38. The zero-order valence-electron chi connectivity index (χ0n) is 12.2. The molecule has 0 fully saturated rings. The first-order chi connectivity index (χ1) is 12.1. The van der Waals surface area contributed by atoms with Gasteiger partial charge in [-0.1, -0.05) is 0 Å². The summed E-state index contributed by atoms with van der Waals surface area (Å²) in [7, 11) is -2.69. The van der Waals surface area contributed by atoms with Crippen molar-refractivity contribution in [2.45, 2.75) is 0 Å². The van der Waals surface area contributed by atoms with Crippen molar-refractivity contribution in [2.24, 2.45) is 0 Å². The standard InChI is InChI=1S/C12H9N6O6P/c19-10(7-1-4-13-16-7)22-25(23-11(20)8-2-5-14-17-8)24-12(21)9-3-6-15-18-9/h1-6H,(H,13,16)(H,14,17)(H,15,18). The normalized spacial score (nSPS) is 10.4. The van der Waals surface area contributed by atoms with Crippen molar-refractivity contribution in [2.75, 3.05) is 0 Å². The van der Waals surface area contributed by atoms with E-state index in [4.69, 9.17) is 13.6 Å². The van der Waals surface area contributed by atoms with E-state index in [0.29, 0.717) is 0 Å². The predicted octanol–water partition coefficient (Wildman–Crippen LogP) is 0.954. The number of rotatable bonds is 6. The summed E-state index contributed by atoms with van der Waals surface area (Å²) in [6.45, 7) is 0. The molecule has 3 N–H and O–H groups in total. The van der Waals surface area contributed by atoms with Crippen molar-refractivity contribution < 1.29 is 28.0 Å². The highest BCUT2D eigenvalue weighted by Crippen LogP contribution is 2.42. The molecule has 0 aliphatic rings. The van der Waals surface area contributed by atoms with Gasteiger partial charge in [0, 0.05) is 18.6 Å². The van der Waals surface area contributed by atoms with Crippen molar-refractivity contribution in [1.82, 2.24) is 30.6 Å². The Morgan fingerprint density at radius 2 is 1.00 bits per heavy atom. The van der Waals surface area contributed by atoms with E-state index in [1.54, 1.807) is 0 Å². The van der Waals surface area contributed by atoms with E-state index >= 15 is 0 Å². The van der Waals surface area contributed by atoms with Gasteiger partial charge in [0.25, 0.3) is 0 Å². The largest absolute Gasteiger partial charge is 0.537 e. The third-order valence-electron chi connectivity index (χ3n) is 2.63. The summed E-state index contributed by atoms with van der Waals surface area (Å²) < 4.78 is 14.8. The van der Waals surface area contributed by atoms with E-state index in [1.807, 2.05) is 0 Å². The number of hydrogen-bond donors (Lipinski definition) is 3. The fourth-order valence-corrected chi connectivity index (χ4v) is 2.33. The highest BCUT2D eigenvalue weighted by molar-refractivity contribution is 7.43. The fourth-order valence-electron chi connectivity index (χ4n) is 1.52. The number of H-pyrrole nitrogens is 3. The molecule has 13 heteroatoms. The Kier molecular flexibility index (Phi) is 4.81. The molecule has 0 aliphatic carbocycles. The first kappa shape index (κ1) is 16.3. The van der Waals surface area contributed by atoms with Gasteiger partial charge in [-0.2, -0.15) is 15.3 Å². The maximum Gasteiger partial charge on any atom is 0.537 e. The van der Waals surface area contributed by atoms with E-state index in [2.05, 4.69) is 30.6 Å². The maximum absolute atomic E-state index is 12.0. The number of carbonyl (C=O) groups excluding carboxylic acids is 3. The Balaban J connectivity index is 1.71. The molecule has 25 heavy (non-hydrogen) atoms. The Hall–Kier alpha value is -3.53. The van der Waals surface area contributed by atoms with E-state index in [-0.39, 0.29) is 17.1 Å². The third-order valence-corrected chi connectivity index (χ3v) is 3.58. The number of hydrogen-bond acceptors (Lipinski definition) is 9. The van der Waals surface area contributed by atoms with Gasteiger partial charge < -0.3 is 13.6 Å². The fraction of sp³-hybridized carbons (Fsp3) is 0. The van der Waals surface area contributed by atoms with Crippen LogP contribution in [0.25, 0.3) is 0 Å². The first-order valence-corrected chi connectivity index (χ1v) is 7.68. The van der Waals surface area contributed by atoms with Crippen LogP contribution in [0.2, 0.25) is 0 Å². The minimum absolute atomic E-state index is 0.0114. The van der Waals surface area contributed by atoms with Crippen molar-refractivity contribution >= 4 is 26.5 Å². The van der Waals surface area contributed by atoms with Gasteiger partial charge >= 0.3 is 26.5 Å². The summed E-state index contributed by atoms with van der Waals surface area (Å²) >= 11 is 0. The van der Waals surface area contributed by atoms with Crippen LogP contribution in [0.4, 0.5) is 0 Å². The lowest BCUT2D eigenvalue weighted by molar-refractivity contribution is 0.0540. The molecule has 0 aliphatic heterocycles. The van der Waals surface area contributed by atoms with E-state index in [0.717, 1.165) is 0 Å². The predicted molar refractivity (Wildman–Crippen MR) is 78.9 cm³/mol. The summed E-state index contributed by atoms with van der Waals surface area (Å²) in [6.07, 6.45) is 3.98. The number of nitrogens with zero attached hydrogens (tertiary/aromatic N) is 3. The lowest BCUT2D eigenvalue weighted by atomic mass is 10.5. The third kappa shape index (κ3) is 4.06. The van der Waals surface area contributed by atoms with Gasteiger partial charge in [0.1, 0.15) is 17.1 Å². The van der Waals surface area contributed by atoms with Gasteiger partial charge in [-0.05, 0) is 18.2 Å². The minimum atomic E-state index is -2.69. The van der Waals surface area contributed by atoms with Gasteiger partial charge in [-0.25, -0.2) is 14.4 Å². The van der Waals surface area contributed by atoms with Crippen LogP contribution in [0.1, 0.15) is 31.5 Å². The zero-order valence-corrected chi connectivity index (χ0v) is 13.1. The maximum atomic E-state index is 12.0. The average molecular weight is 364 g/mol. The second-order valence-corrected chi connectivity index (χ2v) is 5.27. The summed E-state index contributed by atoms with van der Waals surface area (Å²) in [5.41, 5.74) is -0.0342. The number of aromatic amines is 3. The van der Waals surface area contributed by atoms with Crippen LogP contribution in [0.3, 0.4) is 0 Å². The lowest BCUT2D eigenvalue weighted by Gasteiger charge is -2.13. The van der Waals surface area contributed by atoms with Crippen LogP contribution in [0.15, 0.2) is 36.8 Å². The molecule has 0 unspecified atom stereocenters. The molecule has 3 aromatic rings. The molecular weight excluding hydrogens is 355 g/mol. The monoisotopic (exact) mass is 364 g/mol. The van der Waals surface area contributed by atoms with E-state index < -0.39 is 26.5 Å². The molecule has 0 saturated carbocycles. The summed E-state index contributed by atoms with van der Waals surface area (Å²) in [5.74, 6) is -2.75. The SMILES string of the molecule is O=C(OP(OC(=O)c1ccn[nH]1)OC(=O)c1ccn[nH]1)c1ccn[nH]1. The van der Waals surface area contributed by atoms with Crippen molar-refractivity contribution in [1.29, 1.82) is 0 Å². The first-order valence-electron chi connectivity index (χ1n) is 6.58. The van der Waals surface area contributed by atoms with E-state index in [9.17, 15) is 14.4 Å². The Labute approximate surface area is 139 Å². The molecule has 0 radical (unpaired) electrons. The second kappa shape index (κ2) is 7.36. The number of nitrogens with one attached hydrogen (secondary N) is 3. The topological polar surface area (TPSA) is 165 Å². The van der Waals surface area contributed by atoms with Crippen LogP contribution in [-0.2, 0) is 13.6 Å². The molecule has 0 atom stereocenters. The van der Waals surface area contributed by atoms with Gasteiger partial charge in [-0.15, -0.1) is 0 Å². The molecule has 0 aromatic carbocycles. The molecule has 3 aromatic heterocycles. The molecule has 0 saturated heterocycles. The lowest BCUT2D eigenvalue weighted by Crippen LogP contribution is -2.12. The van der Waals surface area contributed by atoms with Crippen molar-refractivity contribution in [3.8, 4) is 0 Å². The highest BCUT2D eigenvalue weighted by Gasteiger charge is 2.30. The molecule has 0 spiro atoms. The van der Waals surface area contributed by atoms with Crippen molar-refractivity contribution in [3.05, 3.63) is 53.9 Å². The molecule has 0 bridgehead atoms. The Morgan fingerprint density at radius 3 is 1.24 bits per heavy atom. The van der Waals surface area contributed by atoms with Gasteiger partial charge in [0.05, 0.1) is 0 Å². The molecule has 128 valence electrons. The van der Waals surface area contributed by atoms with Crippen LogP contribution in [0.5, 0.6) is 0 Å². The highest BCUT2D eigenvalue weighted by atomic mass is 31.2.